The van der Waals surface area contributed by atoms with Gasteiger partial charge in [-0.15, -0.1) is 0 Å². The summed E-state index contributed by atoms with van der Waals surface area (Å²) in [5.74, 6) is 1.08. The summed E-state index contributed by atoms with van der Waals surface area (Å²) in [5.41, 5.74) is 5.64. The molecule has 0 radical (unpaired) electrons. The summed E-state index contributed by atoms with van der Waals surface area (Å²) in [6.07, 6.45) is 2.45. The molecule has 0 aromatic heterocycles. The van der Waals surface area contributed by atoms with E-state index in [1.807, 2.05) is 11.8 Å². The molecule has 1 heterocycles. The number of carboxylic acids is 1. The first-order chi connectivity index (χ1) is 6.18. The number of carbonyl (C=O) groups is 1. The molecule has 1 aliphatic carbocycles. The molecule has 0 unspecified atom stereocenters. The van der Waals surface area contributed by atoms with Crippen molar-refractivity contribution >= 4 is 17.7 Å². The third kappa shape index (κ3) is 1.36. The maximum Gasteiger partial charge on any atom is 0.303 e. The normalized spacial score (nSPS) is 42.5. The number of carboxylic acid groups (broad SMARTS) is 1. The van der Waals surface area contributed by atoms with E-state index in [9.17, 15) is 4.79 Å². The van der Waals surface area contributed by atoms with E-state index < -0.39 is 5.97 Å². The van der Waals surface area contributed by atoms with Crippen LogP contribution in [-0.2, 0) is 4.79 Å². The highest BCUT2D eigenvalue weighted by Gasteiger charge is 2.55. The van der Waals surface area contributed by atoms with Crippen LogP contribution in [0, 0.1) is 11.3 Å². The first kappa shape index (κ1) is 9.34. The standard InChI is InChI=1S/C9H15NO2S/c10-5-9(4-8(11)12)3-7-6(9)1-2-13-7/h6-7H,1-5,10H2,(H,11,12)/t6-,7-,9-/m1/s1. The van der Waals surface area contributed by atoms with Gasteiger partial charge in [0, 0.05) is 5.25 Å². The van der Waals surface area contributed by atoms with Crippen molar-refractivity contribution in [2.45, 2.75) is 24.5 Å². The van der Waals surface area contributed by atoms with Crippen LogP contribution in [0.15, 0.2) is 0 Å². The second-order valence-corrected chi connectivity index (χ2v) is 5.49. The van der Waals surface area contributed by atoms with Crippen molar-refractivity contribution in [3.8, 4) is 0 Å². The third-order valence-electron chi connectivity index (χ3n) is 3.51. The summed E-state index contributed by atoms with van der Waals surface area (Å²) in [5, 5.41) is 9.51. The predicted molar refractivity (Wildman–Crippen MR) is 52.7 cm³/mol. The maximum absolute atomic E-state index is 10.7. The summed E-state index contributed by atoms with van der Waals surface area (Å²) in [4.78, 5) is 10.7. The van der Waals surface area contributed by atoms with Gasteiger partial charge in [0.05, 0.1) is 6.42 Å². The zero-order valence-electron chi connectivity index (χ0n) is 7.53. The van der Waals surface area contributed by atoms with E-state index in [1.54, 1.807) is 0 Å². The highest BCUT2D eigenvalue weighted by molar-refractivity contribution is 8.00. The molecule has 1 aliphatic heterocycles. The van der Waals surface area contributed by atoms with Crippen molar-refractivity contribution in [2.24, 2.45) is 17.1 Å². The topological polar surface area (TPSA) is 63.3 Å². The molecule has 13 heavy (non-hydrogen) atoms. The highest BCUT2D eigenvalue weighted by Crippen LogP contribution is 2.59. The number of hydrogen-bond donors (Lipinski definition) is 2. The summed E-state index contributed by atoms with van der Waals surface area (Å²) in [7, 11) is 0. The number of fused-ring (bicyclic) bond motifs is 1. The molecule has 0 amide bonds. The van der Waals surface area contributed by atoms with E-state index in [-0.39, 0.29) is 11.8 Å². The van der Waals surface area contributed by atoms with E-state index in [4.69, 9.17) is 10.8 Å². The van der Waals surface area contributed by atoms with Gasteiger partial charge in [-0.3, -0.25) is 4.79 Å². The zero-order chi connectivity index (χ0) is 9.47. The third-order valence-corrected chi connectivity index (χ3v) is 4.91. The first-order valence-corrected chi connectivity index (χ1v) is 5.76. The molecule has 1 saturated heterocycles. The molecule has 2 aliphatic rings. The molecule has 2 rings (SSSR count). The molecular formula is C9H15NO2S. The van der Waals surface area contributed by atoms with Crippen LogP contribution in [0.1, 0.15) is 19.3 Å². The van der Waals surface area contributed by atoms with E-state index in [0.717, 1.165) is 6.42 Å². The largest absolute Gasteiger partial charge is 0.481 e. The van der Waals surface area contributed by atoms with Crippen molar-refractivity contribution in [1.29, 1.82) is 0 Å². The van der Waals surface area contributed by atoms with Gasteiger partial charge in [0.1, 0.15) is 0 Å². The van der Waals surface area contributed by atoms with Gasteiger partial charge in [-0.05, 0) is 36.5 Å². The summed E-state index contributed by atoms with van der Waals surface area (Å²) < 4.78 is 0. The molecule has 3 N–H and O–H groups in total. The van der Waals surface area contributed by atoms with Gasteiger partial charge in [0.25, 0.3) is 0 Å². The second kappa shape index (κ2) is 3.17. The molecule has 4 heteroatoms. The van der Waals surface area contributed by atoms with Crippen LogP contribution < -0.4 is 5.73 Å². The van der Waals surface area contributed by atoms with Gasteiger partial charge in [-0.2, -0.15) is 11.8 Å². The number of thioether (sulfide) groups is 1. The van der Waals surface area contributed by atoms with Crippen LogP contribution in [0.2, 0.25) is 0 Å². The molecule has 2 fully saturated rings. The fourth-order valence-corrected chi connectivity index (χ4v) is 4.55. The van der Waals surface area contributed by atoms with Crippen molar-refractivity contribution in [3.63, 3.8) is 0 Å². The average Bonchev–Trinajstić information content (AvgIpc) is 2.43. The molecule has 0 bridgehead atoms. The van der Waals surface area contributed by atoms with Crippen LogP contribution in [0.25, 0.3) is 0 Å². The Morgan fingerprint density at radius 3 is 3.00 bits per heavy atom. The minimum atomic E-state index is -0.694. The lowest BCUT2D eigenvalue weighted by Gasteiger charge is -2.51. The fourth-order valence-electron chi connectivity index (χ4n) is 2.75. The van der Waals surface area contributed by atoms with Crippen molar-refractivity contribution < 1.29 is 9.90 Å². The van der Waals surface area contributed by atoms with Gasteiger partial charge < -0.3 is 10.8 Å². The lowest BCUT2D eigenvalue weighted by molar-refractivity contribution is -0.142. The molecule has 0 aromatic carbocycles. The maximum atomic E-state index is 10.7. The molecule has 74 valence electrons. The lowest BCUT2D eigenvalue weighted by Crippen LogP contribution is -2.53. The average molecular weight is 201 g/mol. The molecular weight excluding hydrogens is 186 g/mol. The SMILES string of the molecule is NC[C@]1(CC(=O)O)C[C@H]2SCC[C@H]21. The summed E-state index contributed by atoms with van der Waals surface area (Å²) in [6.45, 7) is 0.543. The smallest absolute Gasteiger partial charge is 0.303 e. The van der Waals surface area contributed by atoms with Gasteiger partial charge in [-0.25, -0.2) is 0 Å². The Balaban J connectivity index is 2.05. The minimum Gasteiger partial charge on any atom is -0.481 e. The number of nitrogens with two attached hydrogens (primary N) is 1. The zero-order valence-corrected chi connectivity index (χ0v) is 8.35. The first-order valence-electron chi connectivity index (χ1n) is 4.71. The van der Waals surface area contributed by atoms with Crippen molar-refractivity contribution in [1.82, 2.24) is 0 Å². The van der Waals surface area contributed by atoms with E-state index in [2.05, 4.69) is 0 Å². The Morgan fingerprint density at radius 2 is 2.46 bits per heavy atom. The van der Waals surface area contributed by atoms with Gasteiger partial charge in [0.15, 0.2) is 0 Å². The van der Waals surface area contributed by atoms with E-state index in [0.29, 0.717) is 17.7 Å². The van der Waals surface area contributed by atoms with Crippen LogP contribution in [0.4, 0.5) is 0 Å². The molecule has 1 saturated carbocycles. The Morgan fingerprint density at radius 1 is 1.69 bits per heavy atom. The van der Waals surface area contributed by atoms with Crippen LogP contribution in [0.5, 0.6) is 0 Å². The highest BCUT2D eigenvalue weighted by atomic mass is 32.2. The van der Waals surface area contributed by atoms with Crippen molar-refractivity contribution in [2.75, 3.05) is 12.3 Å². The molecule has 0 aromatic rings. The van der Waals surface area contributed by atoms with Crippen LogP contribution >= 0.6 is 11.8 Å². The summed E-state index contributed by atoms with van der Waals surface area (Å²) in [6, 6.07) is 0. The lowest BCUT2D eigenvalue weighted by atomic mass is 9.57. The van der Waals surface area contributed by atoms with E-state index in [1.165, 1.54) is 12.2 Å². The quantitative estimate of drug-likeness (QED) is 0.713. The van der Waals surface area contributed by atoms with E-state index >= 15 is 0 Å². The fraction of sp³-hybridized carbons (Fsp3) is 0.889. The Hall–Kier alpha value is -0.220. The molecule has 3 nitrogen and oxygen atoms in total. The summed E-state index contributed by atoms with van der Waals surface area (Å²) >= 11 is 1.99. The Bertz CT molecular complexity index is 234. The van der Waals surface area contributed by atoms with Crippen LogP contribution in [0.3, 0.4) is 0 Å². The predicted octanol–water partition coefficient (Wildman–Crippen LogP) is 0.932. The number of rotatable bonds is 3. The monoisotopic (exact) mass is 201 g/mol. The number of hydrogen-bond acceptors (Lipinski definition) is 3. The minimum absolute atomic E-state index is 0.0556. The van der Waals surface area contributed by atoms with Gasteiger partial charge in [-0.1, -0.05) is 0 Å². The number of aliphatic carboxylic acids is 1. The van der Waals surface area contributed by atoms with Crippen LogP contribution in [-0.4, -0.2) is 28.6 Å². The Kier molecular flexibility index (Phi) is 2.28. The van der Waals surface area contributed by atoms with Gasteiger partial charge in [0.2, 0.25) is 0 Å². The Labute approximate surface area is 82.1 Å². The van der Waals surface area contributed by atoms with Gasteiger partial charge >= 0.3 is 5.97 Å². The van der Waals surface area contributed by atoms with Crippen molar-refractivity contribution in [3.05, 3.63) is 0 Å². The molecule has 3 atom stereocenters. The second-order valence-electron chi connectivity index (χ2n) is 4.15. The molecule has 0 spiro atoms.